The van der Waals surface area contributed by atoms with Crippen molar-refractivity contribution >= 4 is 23.2 Å². The van der Waals surface area contributed by atoms with Crippen LogP contribution in [0.15, 0.2) is 11.2 Å². The first kappa shape index (κ1) is 20.1. The van der Waals surface area contributed by atoms with Crippen LogP contribution in [0.5, 0.6) is 0 Å². The molecule has 6 nitrogen and oxygen atoms in total. The zero-order valence-electron chi connectivity index (χ0n) is 16.8. The Morgan fingerprint density at radius 2 is 2.15 bits per heavy atom. The van der Waals surface area contributed by atoms with E-state index in [0.29, 0.717) is 11.8 Å². The molecule has 2 fully saturated rings. The minimum atomic E-state index is 0.271. The van der Waals surface area contributed by atoms with Crippen molar-refractivity contribution in [2.75, 3.05) is 20.1 Å². The fraction of sp³-hybridized carbons (Fsp3) is 0.750. The lowest BCUT2D eigenvalue weighted by Crippen LogP contribution is -2.45. The van der Waals surface area contributed by atoms with E-state index in [0.717, 1.165) is 51.3 Å². The SMILES string of the molecule is CN=C(NCc1cnc(CC(C)C)s1)NC1CCN(C(=O)C2CCCC2)C1. The van der Waals surface area contributed by atoms with Gasteiger partial charge in [-0.25, -0.2) is 4.98 Å². The van der Waals surface area contributed by atoms with Gasteiger partial charge in [0.1, 0.15) is 0 Å². The number of carbonyl (C=O) groups is 1. The van der Waals surface area contributed by atoms with Crippen LogP contribution in [0.25, 0.3) is 0 Å². The quantitative estimate of drug-likeness (QED) is 0.578. The number of amides is 1. The third-order valence-corrected chi connectivity index (χ3v) is 6.40. The Morgan fingerprint density at radius 3 is 2.85 bits per heavy atom. The van der Waals surface area contributed by atoms with Crippen LogP contribution >= 0.6 is 11.3 Å². The molecule has 2 N–H and O–H groups in total. The lowest BCUT2D eigenvalue weighted by atomic mass is 10.1. The molecule has 1 amide bonds. The monoisotopic (exact) mass is 391 g/mol. The van der Waals surface area contributed by atoms with Crippen LogP contribution in [0, 0.1) is 11.8 Å². The predicted octanol–water partition coefficient (Wildman–Crippen LogP) is 2.80. The maximum Gasteiger partial charge on any atom is 0.225 e. The van der Waals surface area contributed by atoms with Crippen LogP contribution in [0.2, 0.25) is 0 Å². The molecule has 1 atom stereocenters. The lowest BCUT2D eigenvalue weighted by molar-refractivity contribution is -0.134. The first-order chi connectivity index (χ1) is 13.0. The van der Waals surface area contributed by atoms with E-state index in [1.54, 1.807) is 18.4 Å². The minimum absolute atomic E-state index is 0.271. The van der Waals surface area contributed by atoms with Crippen LogP contribution < -0.4 is 10.6 Å². The van der Waals surface area contributed by atoms with Gasteiger partial charge >= 0.3 is 0 Å². The van der Waals surface area contributed by atoms with E-state index in [1.807, 2.05) is 11.1 Å². The molecule has 7 heteroatoms. The molecule has 150 valence electrons. The third-order valence-electron chi connectivity index (χ3n) is 5.38. The molecule has 1 aliphatic carbocycles. The zero-order valence-corrected chi connectivity index (χ0v) is 17.6. The van der Waals surface area contributed by atoms with Crippen molar-refractivity contribution in [3.63, 3.8) is 0 Å². The summed E-state index contributed by atoms with van der Waals surface area (Å²) in [6, 6.07) is 0.277. The van der Waals surface area contributed by atoms with Crippen LogP contribution in [-0.4, -0.2) is 47.9 Å². The number of hydrogen-bond acceptors (Lipinski definition) is 4. The molecular formula is C20H33N5OS. The van der Waals surface area contributed by atoms with Gasteiger partial charge in [0.25, 0.3) is 0 Å². The fourth-order valence-corrected chi connectivity index (χ4v) is 5.02. The second-order valence-corrected chi connectivity index (χ2v) is 9.34. The molecule has 1 saturated heterocycles. The Bertz CT molecular complexity index is 651. The largest absolute Gasteiger partial charge is 0.352 e. The Hall–Kier alpha value is -1.63. The zero-order chi connectivity index (χ0) is 19.2. The summed E-state index contributed by atoms with van der Waals surface area (Å²) in [5, 5.41) is 8.06. The van der Waals surface area contributed by atoms with Crippen LogP contribution in [0.3, 0.4) is 0 Å². The molecule has 0 spiro atoms. The number of thiazole rings is 1. The number of rotatable bonds is 6. The van der Waals surface area contributed by atoms with Crippen molar-refractivity contribution in [3.05, 3.63) is 16.1 Å². The van der Waals surface area contributed by atoms with Crippen LogP contribution in [-0.2, 0) is 17.8 Å². The van der Waals surface area contributed by atoms with Gasteiger partial charge in [-0.15, -0.1) is 11.3 Å². The Labute approximate surface area is 166 Å². The molecule has 1 aliphatic heterocycles. The molecular weight excluding hydrogens is 358 g/mol. The van der Waals surface area contributed by atoms with Gasteiger partial charge < -0.3 is 15.5 Å². The molecule has 1 saturated carbocycles. The van der Waals surface area contributed by atoms with Crippen LogP contribution in [0.1, 0.15) is 55.8 Å². The Kier molecular flexibility index (Phi) is 7.10. The van der Waals surface area contributed by atoms with E-state index in [-0.39, 0.29) is 12.0 Å². The van der Waals surface area contributed by atoms with E-state index in [1.165, 1.54) is 22.7 Å². The molecule has 1 aromatic rings. The van der Waals surface area contributed by atoms with Crippen molar-refractivity contribution in [1.29, 1.82) is 0 Å². The highest BCUT2D eigenvalue weighted by molar-refractivity contribution is 7.11. The van der Waals surface area contributed by atoms with Crippen LogP contribution in [0.4, 0.5) is 0 Å². The van der Waals surface area contributed by atoms with Crippen molar-refractivity contribution in [2.24, 2.45) is 16.8 Å². The van der Waals surface area contributed by atoms with Gasteiger partial charge in [-0.3, -0.25) is 9.79 Å². The van der Waals surface area contributed by atoms with Gasteiger partial charge in [0.05, 0.1) is 11.6 Å². The first-order valence-electron chi connectivity index (χ1n) is 10.2. The van der Waals surface area contributed by atoms with Gasteiger partial charge in [0.15, 0.2) is 5.96 Å². The second kappa shape index (κ2) is 9.53. The van der Waals surface area contributed by atoms with Crippen molar-refractivity contribution in [3.8, 4) is 0 Å². The maximum absolute atomic E-state index is 12.6. The predicted molar refractivity (Wildman–Crippen MR) is 111 cm³/mol. The normalized spacial score (nSPS) is 21.3. The fourth-order valence-electron chi connectivity index (χ4n) is 3.94. The van der Waals surface area contributed by atoms with E-state index in [4.69, 9.17) is 0 Å². The maximum atomic E-state index is 12.6. The number of nitrogens with zero attached hydrogens (tertiary/aromatic N) is 3. The van der Waals surface area contributed by atoms with Gasteiger partial charge in [0, 0.05) is 49.6 Å². The Balaban J connectivity index is 1.44. The topological polar surface area (TPSA) is 69.6 Å². The van der Waals surface area contributed by atoms with Gasteiger partial charge in [-0.05, 0) is 25.2 Å². The molecule has 1 unspecified atom stereocenters. The molecule has 0 bridgehead atoms. The number of aliphatic imine (C=N–C) groups is 1. The summed E-state index contributed by atoms with van der Waals surface area (Å²) in [5.41, 5.74) is 0. The number of aromatic nitrogens is 1. The van der Waals surface area contributed by atoms with E-state index in [2.05, 4.69) is 34.5 Å². The smallest absolute Gasteiger partial charge is 0.225 e. The highest BCUT2D eigenvalue weighted by Gasteiger charge is 2.32. The standard InChI is InChI=1S/C20H33N5OS/c1-14(2)10-18-22-11-17(27-18)12-23-20(21-3)24-16-8-9-25(13-16)19(26)15-6-4-5-7-15/h11,14-16H,4-10,12-13H2,1-3H3,(H2,21,23,24). The van der Waals surface area contributed by atoms with E-state index >= 15 is 0 Å². The molecule has 0 aromatic carbocycles. The van der Waals surface area contributed by atoms with Gasteiger partial charge in [-0.2, -0.15) is 0 Å². The summed E-state index contributed by atoms with van der Waals surface area (Å²) in [5.74, 6) is 2.06. The number of guanidine groups is 1. The minimum Gasteiger partial charge on any atom is -0.352 e. The molecule has 3 rings (SSSR count). The molecule has 2 heterocycles. The van der Waals surface area contributed by atoms with Crippen molar-refractivity contribution < 1.29 is 4.79 Å². The number of likely N-dealkylation sites (tertiary alicyclic amines) is 1. The number of nitrogens with one attached hydrogen (secondary N) is 2. The first-order valence-corrected chi connectivity index (χ1v) is 11.1. The summed E-state index contributed by atoms with van der Waals surface area (Å²) in [6.07, 6.45) is 8.54. The molecule has 27 heavy (non-hydrogen) atoms. The summed E-state index contributed by atoms with van der Waals surface area (Å²) in [7, 11) is 1.79. The average Bonchev–Trinajstić information content (AvgIpc) is 3.39. The van der Waals surface area contributed by atoms with Crippen molar-refractivity contribution in [1.82, 2.24) is 20.5 Å². The molecule has 2 aliphatic rings. The summed E-state index contributed by atoms with van der Waals surface area (Å²) in [4.78, 5) is 24.7. The lowest BCUT2D eigenvalue weighted by Gasteiger charge is -2.21. The summed E-state index contributed by atoms with van der Waals surface area (Å²) >= 11 is 1.77. The van der Waals surface area contributed by atoms with Gasteiger partial charge in [0.2, 0.25) is 5.91 Å². The van der Waals surface area contributed by atoms with Gasteiger partial charge in [-0.1, -0.05) is 26.7 Å². The van der Waals surface area contributed by atoms with Crippen molar-refractivity contribution in [2.45, 2.75) is 65.0 Å². The van der Waals surface area contributed by atoms with E-state index < -0.39 is 0 Å². The highest BCUT2D eigenvalue weighted by atomic mass is 32.1. The highest BCUT2D eigenvalue weighted by Crippen LogP contribution is 2.27. The summed E-state index contributed by atoms with van der Waals surface area (Å²) in [6.45, 7) is 6.81. The Morgan fingerprint density at radius 1 is 1.37 bits per heavy atom. The molecule has 1 aromatic heterocycles. The average molecular weight is 392 g/mol. The summed E-state index contributed by atoms with van der Waals surface area (Å²) < 4.78 is 0. The van der Waals surface area contributed by atoms with E-state index in [9.17, 15) is 4.79 Å². The third kappa shape index (κ3) is 5.67. The number of hydrogen-bond donors (Lipinski definition) is 2. The number of carbonyl (C=O) groups excluding carboxylic acids is 1. The second-order valence-electron chi connectivity index (χ2n) is 8.14. The molecule has 0 radical (unpaired) electrons.